The molecule has 2 N–H and O–H groups in total. The zero-order valence-electron chi connectivity index (χ0n) is 16.1. The Morgan fingerprint density at radius 2 is 1.76 bits per heavy atom. The topological polar surface area (TPSA) is 75.3 Å². The van der Waals surface area contributed by atoms with Crippen LogP contribution in [-0.4, -0.2) is 14.3 Å². The van der Waals surface area contributed by atoms with E-state index in [1.54, 1.807) is 19.1 Å². The molecule has 150 valence electrons. The van der Waals surface area contributed by atoms with Crippen molar-refractivity contribution in [2.24, 2.45) is 0 Å². The molecule has 0 radical (unpaired) electrons. The van der Waals surface area contributed by atoms with E-state index in [2.05, 4.69) is 10.0 Å². The molecule has 0 spiro atoms. The summed E-state index contributed by atoms with van der Waals surface area (Å²) in [7, 11) is -3.99. The minimum absolute atomic E-state index is 0.188. The Labute approximate surface area is 169 Å². The number of sulfonamides is 1. The van der Waals surface area contributed by atoms with E-state index in [1.807, 2.05) is 31.2 Å². The van der Waals surface area contributed by atoms with E-state index in [0.717, 1.165) is 18.1 Å². The lowest BCUT2D eigenvalue weighted by molar-refractivity contribution is 0.102. The largest absolute Gasteiger partial charge is 0.322 e. The van der Waals surface area contributed by atoms with Crippen molar-refractivity contribution in [3.63, 3.8) is 0 Å². The van der Waals surface area contributed by atoms with Gasteiger partial charge in [0.05, 0.1) is 4.90 Å². The Bertz CT molecular complexity index is 1160. The van der Waals surface area contributed by atoms with E-state index < -0.39 is 15.8 Å². The summed E-state index contributed by atoms with van der Waals surface area (Å²) in [5, 5.41) is 2.85. The number of hydrogen-bond acceptors (Lipinski definition) is 3. The molecule has 3 aromatic carbocycles. The van der Waals surface area contributed by atoms with Crippen LogP contribution in [0.15, 0.2) is 71.6 Å². The monoisotopic (exact) mass is 412 g/mol. The van der Waals surface area contributed by atoms with Gasteiger partial charge in [-0.25, -0.2) is 12.8 Å². The van der Waals surface area contributed by atoms with Crippen LogP contribution in [0.4, 0.5) is 15.8 Å². The first-order valence-electron chi connectivity index (χ1n) is 9.08. The first-order valence-corrected chi connectivity index (χ1v) is 10.6. The molecule has 7 heteroatoms. The normalized spacial score (nSPS) is 11.1. The molecule has 0 saturated carbocycles. The molecule has 0 saturated heterocycles. The highest BCUT2D eigenvalue weighted by Gasteiger charge is 2.17. The van der Waals surface area contributed by atoms with Crippen LogP contribution >= 0.6 is 0 Å². The van der Waals surface area contributed by atoms with Crippen molar-refractivity contribution >= 4 is 27.3 Å². The number of halogens is 1. The van der Waals surface area contributed by atoms with Gasteiger partial charge >= 0.3 is 0 Å². The summed E-state index contributed by atoms with van der Waals surface area (Å²) in [6, 6.07) is 17.3. The zero-order valence-corrected chi connectivity index (χ0v) is 16.9. The number of hydrogen-bond donors (Lipinski definition) is 2. The third kappa shape index (κ3) is 4.81. The van der Waals surface area contributed by atoms with E-state index in [9.17, 15) is 17.6 Å². The quantitative estimate of drug-likeness (QED) is 0.614. The molecule has 0 aliphatic heterocycles. The minimum atomic E-state index is -3.99. The molecular weight excluding hydrogens is 391 g/mol. The van der Waals surface area contributed by atoms with Crippen molar-refractivity contribution in [3.05, 3.63) is 89.2 Å². The maximum atomic E-state index is 13.7. The average Bonchev–Trinajstić information content (AvgIpc) is 2.70. The van der Waals surface area contributed by atoms with Gasteiger partial charge in [0.25, 0.3) is 15.9 Å². The fraction of sp³-hybridized carbons (Fsp3) is 0.136. The molecule has 29 heavy (non-hydrogen) atoms. The number of amides is 1. The van der Waals surface area contributed by atoms with Crippen LogP contribution in [0.5, 0.6) is 0 Å². The number of carbonyl (C=O) groups is 1. The Morgan fingerprint density at radius 3 is 2.48 bits per heavy atom. The highest BCUT2D eigenvalue weighted by atomic mass is 32.2. The van der Waals surface area contributed by atoms with E-state index in [1.165, 1.54) is 24.3 Å². The van der Waals surface area contributed by atoms with Gasteiger partial charge in [-0.2, -0.15) is 0 Å². The molecule has 3 rings (SSSR count). The predicted molar refractivity (Wildman–Crippen MR) is 112 cm³/mol. The lowest BCUT2D eigenvalue weighted by Gasteiger charge is -2.12. The van der Waals surface area contributed by atoms with Crippen LogP contribution in [0.3, 0.4) is 0 Å². The summed E-state index contributed by atoms with van der Waals surface area (Å²) in [6.07, 6.45) is 0.767. The smallest absolute Gasteiger partial charge is 0.261 e. The first-order chi connectivity index (χ1) is 13.8. The maximum absolute atomic E-state index is 13.7. The fourth-order valence-corrected chi connectivity index (χ4v) is 3.88. The van der Waals surface area contributed by atoms with Crippen molar-refractivity contribution in [2.75, 3.05) is 10.0 Å². The fourth-order valence-electron chi connectivity index (χ4n) is 2.82. The van der Waals surface area contributed by atoms with Gasteiger partial charge in [-0.1, -0.05) is 37.3 Å². The van der Waals surface area contributed by atoms with E-state index in [4.69, 9.17) is 0 Å². The molecule has 0 aromatic heterocycles. The highest BCUT2D eigenvalue weighted by Crippen LogP contribution is 2.21. The summed E-state index contributed by atoms with van der Waals surface area (Å²) in [5.41, 5.74) is 2.57. The average molecular weight is 412 g/mol. The van der Waals surface area contributed by atoms with Crippen molar-refractivity contribution in [1.82, 2.24) is 0 Å². The highest BCUT2D eigenvalue weighted by molar-refractivity contribution is 7.92. The molecule has 0 unspecified atom stereocenters. The van der Waals surface area contributed by atoms with Gasteiger partial charge in [0, 0.05) is 16.9 Å². The number of para-hydroxylation sites is 1. The third-order valence-corrected chi connectivity index (χ3v) is 5.86. The molecular formula is C22H21FN2O3S. The molecule has 0 aliphatic carbocycles. The van der Waals surface area contributed by atoms with E-state index >= 15 is 0 Å². The van der Waals surface area contributed by atoms with Gasteiger partial charge in [-0.15, -0.1) is 0 Å². The second-order valence-electron chi connectivity index (χ2n) is 6.56. The summed E-state index contributed by atoms with van der Waals surface area (Å²) in [6.45, 7) is 3.55. The Morgan fingerprint density at radius 1 is 1.00 bits per heavy atom. The van der Waals surface area contributed by atoms with Gasteiger partial charge in [0.2, 0.25) is 0 Å². The molecule has 0 aliphatic rings. The van der Waals surface area contributed by atoms with Crippen molar-refractivity contribution in [3.8, 4) is 0 Å². The van der Waals surface area contributed by atoms with Crippen LogP contribution in [-0.2, 0) is 16.4 Å². The molecule has 5 nitrogen and oxygen atoms in total. The molecule has 0 bridgehead atoms. The molecule has 0 heterocycles. The number of nitrogens with one attached hydrogen (secondary N) is 2. The molecule has 0 fully saturated rings. The zero-order chi connectivity index (χ0) is 21.0. The first kappa shape index (κ1) is 20.5. The second kappa shape index (κ2) is 8.45. The summed E-state index contributed by atoms with van der Waals surface area (Å²) in [4.78, 5) is 12.4. The molecule has 0 atom stereocenters. The number of rotatable bonds is 6. The Balaban J connectivity index is 1.82. The SMILES string of the molecule is CCc1ccccc1NC(=O)c1cccc(NS(=O)(=O)c2ccc(C)c(F)c2)c1. The summed E-state index contributed by atoms with van der Waals surface area (Å²) >= 11 is 0. The van der Waals surface area contributed by atoms with Crippen LogP contribution < -0.4 is 10.0 Å². The van der Waals surface area contributed by atoms with Crippen LogP contribution in [0.25, 0.3) is 0 Å². The van der Waals surface area contributed by atoms with E-state index in [0.29, 0.717) is 16.8 Å². The standard InChI is InChI=1S/C22H21FN2O3S/c1-3-16-7-4-5-10-21(16)24-22(26)17-8-6-9-18(13-17)25-29(27,28)19-12-11-15(2)20(23)14-19/h4-14,25H,3H2,1-2H3,(H,24,26). The summed E-state index contributed by atoms with van der Waals surface area (Å²) < 4.78 is 41.2. The lowest BCUT2D eigenvalue weighted by atomic mass is 10.1. The van der Waals surface area contributed by atoms with Crippen molar-refractivity contribution in [1.29, 1.82) is 0 Å². The summed E-state index contributed by atoms with van der Waals surface area (Å²) in [5.74, 6) is -0.955. The number of benzene rings is 3. The Kier molecular flexibility index (Phi) is 5.98. The van der Waals surface area contributed by atoms with Gasteiger partial charge in [0.1, 0.15) is 5.82 Å². The maximum Gasteiger partial charge on any atom is 0.261 e. The van der Waals surface area contributed by atoms with Gasteiger partial charge in [-0.3, -0.25) is 9.52 Å². The van der Waals surface area contributed by atoms with Crippen molar-refractivity contribution < 1.29 is 17.6 Å². The molecule has 3 aromatic rings. The van der Waals surface area contributed by atoms with Crippen LogP contribution in [0.2, 0.25) is 0 Å². The van der Waals surface area contributed by atoms with Gasteiger partial charge in [0.15, 0.2) is 0 Å². The lowest BCUT2D eigenvalue weighted by Crippen LogP contribution is -2.16. The predicted octanol–water partition coefficient (Wildman–Crippen LogP) is 4.75. The van der Waals surface area contributed by atoms with Crippen LogP contribution in [0, 0.1) is 12.7 Å². The Hall–Kier alpha value is -3.19. The van der Waals surface area contributed by atoms with Crippen LogP contribution in [0.1, 0.15) is 28.4 Å². The van der Waals surface area contributed by atoms with E-state index in [-0.39, 0.29) is 16.5 Å². The van der Waals surface area contributed by atoms with Gasteiger partial charge in [-0.05, 0) is 60.9 Å². The van der Waals surface area contributed by atoms with Gasteiger partial charge < -0.3 is 5.32 Å². The number of aryl methyl sites for hydroxylation is 2. The van der Waals surface area contributed by atoms with Crippen molar-refractivity contribution in [2.45, 2.75) is 25.2 Å². The number of anilines is 2. The minimum Gasteiger partial charge on any atom is -0.322 e. The third-order valence-electron chi connectivity index (χ3n) is 4.48. The number of carbonyl (C=O) groups excluding carboxylic acids is 1. The second-order valence-corrected chi connectivity index (χ2v) is 8.24. The molecule has 1 amide bonds.